The summed E-state index contributed by atoms with van der Waals surface area (Å²) in [7, 11) is 0. The summed E-state index contributed by atoms with van der Waals surface area (Å²) in [6.07, 6.45) is 3.10. The van der Waals surface area contributed by atoms with E-state index in [1.54, 1.807) is 12.3 Å². The summed E-state index contributed by atoms with van der Waals surface area (Å²) in [5.74, 6) is 0. The van der Waals surface area contributed by atoms with Crippen molar-refractivity contribution in [3.05, 3.63) is 28.5 Å². The van der Waals surface area contributed by atoms with Crippen molar-refractivity contribution in [3.63, 3.8) is 0 Å². The van der Waals surface area contributed by atoms with Crippen LogP contribution in [0.3, 0.4) is 0 Å². The standard InChI is InChI=1S/C5H3Cl2N.C2H6/c6-4-1-2-8-3-5(4)7;1-2/h1-3H;1-2H3. The molecule has 0 unspecified atom stereocenters. The third-order valence-electron chi connectivity index (χ3n) is 0.723. The van der Waals surface area contributed by atoms with Crippen LogP contribution >= 0.6 is 23.2 Å². The van der Waals surface area contributed by atoms with E-state index in [2.05, 4.69) is 4.98 Å². The zero-order valence-corrected chi connectivity index (χ0v) is 7.45. The van der Waals surface area contributed by atoms with Gasteiger partial charge >= 0.3 is 0 Å². The molecule has 10 heavy (non-hydrogen) atoms. The van der Waals surface area contributed by atoms with Gasteiger partial charge in [-0.3, -0.25) is 4.98 Å². The van der Waals surface area contributed by atoms with Crippen LogP contribution in [0.1, 0.15) is 13.8 Å². The summed E-state index contributed by atoms with van der Waals surface area (Å²) < 4.78 is 0. The van der Waals surface area contributed by atoms with Crippen LogP contribution in [-0.4, -0.2) is 4.98 Å². The molecular weight excluding hydrogens is 169 g/mol. The molecule has 0 aliphatic heterocycles. The minimum Gasteiger partial charge on any atom is -0.263 e. The van der Waals surface area contributed by atoms with Crippen molar-refractivity contribution in [2.45, 2.75) is 13.8 Å². The number of halogens is 2. The van der Waals surface area contributed by atoms with Gasteiger partial charge in [0.05, 0.1) is 10.0 Å². The zero-order chi connectivity index (χ0) is 7.98. The topological polar surface area (TPSA) is 12.9 Å². The molecule has 1 nitrogen and oxygen atoms in total. The van der Waals surface area contributed by atoms with E-state index in [0.717, 1.165) is 0 Å². The second-order valence-electron chi connectivity index (χ2n) is 1.29. The molecule has 0 aliphatic carbocycles. The van der Waals surface area contributed by atoms with Gasteiger partial charge in [0.1, 0.15) is 0 Å². The van der Waals surface area contributed by atoms with Crippen LogP contribution in [0, 0.1) is 0 Å². The summed E-state index contributed by atoms with van der Waals surface area (Å²) in [6, 6.07) is 1.64. The molecule has 0 N–H and O–H groups in total. The average Bonchev–Trinajstić information content (AvgIpc) is 2.00. The Morgan fingerprint density at radius 1 is 1.20 bits per heavy atom. The van der Waals surface area contributed by atoms with Gasteiger partial charge in [-0.05, 0) is 6.07 Å². The molecule has 0 radical (unpaired) electrons. The van der Waals surface area contributed by atoms with Gasteiger partial charge in [0.25, 0.3) is 0 Å². The summed E-state index contributed by atoms with van der Waals surface area (Å²) in [6.45, 7) is 4.00. The number of hydrogen-bond acceptors (Lipinski definition) is 1. The van der Waals surface area contributed by atoms with E-state index < -0.39 is 0 Å². The molecule has 0 amide bonds. The summed E-state index contributed by atoms with van der Waals surface area (Å²) in [5, 5.41) is 1.04. The maximum absolute atomic E-state index is 5.54. The van der Waals surface area contributed by atoms with Crippen molar-refractivity contribution in [2.24, 2.45) is 0 Å². The third kappa shape index (κ3) is 3.04. The second kappa shape index (κ2) is 5.51. The van der Waals surface area contributed by atoms with E-state index in [4.69, 9.17) is 23.2 Å². The molecule has 0 atom stereocenters. The molecule has 1 aromatic rings. The fourth-order valence-corrected chi connectivity index (χ4v) is 0.583. The van der Waals surface area contributed by atoms with Crippen LogP contribution in [0.2, 0.25) is 10.0 Å². The van der Waals surface area contributed by atoms with Crippen molar-refractivity contribution in [3.8, 4) is 0 Å². The van der Waals surface area contributed by atoms with Gasteiger partial charge in [-0.15, -0.1) is 0 Å². The average molecular weight is 178 g/mol. The molecule has 1 heterocycles. The highest BCUT2D eigenvalue weighted by molar-refractivity contribution is 6.41. The Hall–Kier alpha value is -0.270. The molecule has 0 aromatic carbocycles. The molecule has 1 rings (SSSR count). The Labute approximate surface area is 71.0 Å². The number of aromatic nitrogens is 1. The van der Waals surface area contributed by atoms with E-state index in [-0.39, 0.29) is 0 Å². The van der Waals surface area contributed by atoms with Crippen LogP contribution in [-0.2, 0) is 0 Å². The van der Waals surface area contributed by atoms with Gasteiger partial charge in [-0.2, -0.15) is 0 Å². The number of pyridine rings is 1. The first-order valence-electron chi connectivity index (χ1n) is 3.06. The smallest absolute Gasteiger partial charge is 0.0775 e. The van der Waals surface area contributed by atoms with Crippen molar-refractivity contribution < 1.29 is 0 Å². The Kier molecular flexibility index (Phi) is 5.36. The summed E-state index contributed by atoms with van der Waals surface area (Å²) in [5.41, 5.74) is 0. The zero-order valence-electron chi connectivity index (χ0n) is 5.94. The van der Waals surface area contributed by atoms with Gasteiger partial charge in [-0.25, -0.2) is 0 Å². The number of nitrogens with zero attached hydrogens (tertiary/aromatic N) is 1. The maximum atomic E-state index is 5.54. The second-order valence-corrected chi connectivity index (χ2v) is 2.10. The molecular formula is C7H9Cl2N. The van der Waals surface area contributed by atoms with Crippen LogP contribution < -0.4 is 0 Å². The highest BCUT2D eigenvalue weighted by Crippen LogP contribution is 2.17. The van der Waals surface area contributed by atoms with Crippen molar-refractivity contribution in [2.75, 3.05) is 0 Å². The molecule has 1 aromatic heterocycles. The largest absolute Gasteiger partial charge is 0.263 e. The Balaban J connectivity index is 0.000000371. The highest BCUT2D eigenvalue weighted by Gasteiger charge is 1.90. The number of hydrogen-bond donors (Lipinski definition) is 0. The molecule has 3 heteroatoms. The predicted octanol–water partition coefficient (Wildman–Crippen LogP) is 3.41. The highest BCUT2D eigenvalue weighted by atomic mass is 35.5. The van der Waals surface area contributed by atoms with Gasteiger partial charge in [0.2, 0.25) is 0 Å². The van der Waals surface area contributed by atoms with E-state index in [9.17, 15) is 0 Å². The molecule has 0 bridgehead atoms. The molecule has 0 saturated carbocycles. The predicted molar refractivity (Wildman–Crippen MR) is 45.6 cm³/mol. The van der Waals surface area contributed by atoms with E-state index >= 15 is 0 Å². The summed E-state index contributed by atoms with van der Waals surface area (Å²) in [4.78, 5) is 3.73. The van der Waals surface area contributed by atoms with Crippen molar-refractivity contribution in [1.82, 2.24) is 4.98 Å². The summed E-state index contributed by atoms with van der Waals surface area (Å²) >= 11 is 11.1. The maximum Gasteiger partial charge on any atom is 0.0775 e. The first-order valence-corrected chi connectivity index (χ1v) is 3.81. The molecule has 56 valence electrons. The monoisotopic (exact) mass is 177 g/mol. The molecule has 0 aliphatic rings. The molecule has 0 fully saturated rings. The normalized spacial score (nSPS) is 8.00. The van der Waals surface area contributed by atoms with Crippen LogP contribution in [0.25, 0.3) is 0 Å². The lowest BCUT2D eigenvalue weighted by Crippen LogP contribution is -1.68. The van der Waals surface area contributed by atoms with Crippen LogP contribution in [0.5, 0.6) is 0 Å². The third-order valence-corrected chi connectivity index (χ3v) is 1.45. The van der Waals surface area contributed by atoms with E-state index in [1.165, 1.54) is 6.20 Å². The van der Waals surface area contributed by atoms with Gasteiger partial charge in [-0.1, -0.05) is 37.0 Å². The molecule has 0 spiro atoms. The van der Waals surface area contributed by atoms with Crippen LogP contribution in [0.15, 0.2) is 18.5 Å². The van der Waals surface area contributed by atoms with Gasteiger partial charge in [0.15, 0.2) is 0 Å². The number of rotatable bonds is 0. The van der Waals surface area contributed by atoms with Gasteiger partial charge in [0, 0.05) is 12.4 Å². The fourth-order valence-electron chi connectivity index (χ4n) is 0.358. The minimum absolute atomic E-state index is 0.495. The Morgan fingerprint density at radius 3 is 2.10 bits per heavy atom. The lowest BCUT2D eigenvalue weighted by atomic mass is 10.5. The van der Waals surface area contributed by atoms with Crippen molar-refractivity contribution >= 4 is 23.2 Å². The lowest BCUT2D eigenvalue weighted by molar-refractivity contribution is 1.33. The van der Waals surface area contributed by atoms with E-state index in [1.807, 2.05) is 13.8 Å². The van der Waals surface area contributed by atoms with E-state index in [0.29, 0.717) is 10.0 Å². The first kappa shape index (κ1) is 9.73. The quantitative estimate of drug-likeness (QED) is 0.593. The van der Waals surface area contributed by atoms with Crippen molar-refractivity contribution in [1.29, 1.82) is 0 Å². The minimum atomic E-state index is 0.495. The SMILES string of the molecule is CC.Clc1ccncc1Cl. The molecule has 0 saturated heterocycles. The lowest BCUT2D eigenvalue weighted by Gasteiger charge is -1.87. The Morgan fingerprint density at radius 2 is 1.80 bits per heavy atom. The first-order chi connectivity index (χ1) is 4.80. The fraction of sp³-hybridized carbons (Fsp3) is 0.286. The Bertz CT molecular complexity index is 168. The van der Waals surface area contributed by atoms with Gasteiger partial charge < -0.3 is 0 Å². The van der Waals surface area contributed by atoms with Crippen LogP contribution in [0.4, 0.5) is 0 Å².